The Bertz CT molecular complexity index is 710. The van der Waals surface area contributed by atoms with Gasteiger partial charge in [0.25, 0.3) is 5.91 Å². The van der Waals surface area contributed by atoms with E-state index in [2.05, 4.69) is 5.32 Å². The lowest BCUT2D eigenvalue weighted by molar-refractivity contribution is -0.131. The second-order valence-corrected chi connectivity index (χ2v) is 5.80. The Morgan fingerprint density at radius 2 is 1.64 bits per heavy atom. The van der Waals surface area contributed by atoms with Crippen LogP contribution in [0.4, 0.5) is 4.79 Å². The van der Waals surface area contributed by atoms with Crippen molar-refractivity contribution in [2.45, 2.75) is 25.9 Å². The van der Waals surface area contributed by atoms with E-state index in [0.717, 1.165) is 16.7 Å². The van der Waals surface area contributed by atoms with Gasteiger partial charge in [-0.3, -0.25) is 9.69 Å². The maximum absolute atomic E-state index is 12.8. The number of rotatable bonds is 3. The van der Waals surface area contributed by atoms with Crippen LogP contribution in [0.25, 0.3) is 0 Å². The maximum atomic E-state index is 12.8. The van der Waals surface area contributed by atoms with Crippen molar-refractivity contribution in [1.29, 1.82) is 0 Å². The molecule has 0 bridgehead atoms. The monoisotopic (exact) mass is 294 g/mol. The molecule has 1 aliphatic heterocycles. The zero-order valence-corrected chi connectivity index (χ0v) is 12.7. The third-order valence-corrected chi connectivity index (χ3v) is 4.09. The molecule has 1 saturated heterocycles. The number of amides is 3. The molecule has 4 heteroatoms. The smallest absolute Gasteiger partial charge is 0.319 e. The largest absolute Gasteiger partial charge is 0.325 e. The summed E-state index contributed by atoms with van der Waals surface area (Å²) in [5, 5.41) is 2.82. The number of hydrogen-bond donors (Lipinski definition) is 1. The molecular weight excluding hydrogens is 276 g/mol. The average Bonchev–Trinajstić information content (AvgIpc) is 2.75. The molecule has 1 fully saturated rings. The molecule has 2 aromatic carbocycles. The summed E-state index contributed by atoms with van der Waals surface area (Å²) < 4.78 is 0. The van der Waals surface area contributed by atoms with E-state index in [1.165, 1.54) is 4.90 Å². The van der Waals surface area contributed by atoms with E-state index in [4.69, 9.17) is 0 Å². The molecule has 4 nitrogen and oxygen atoms in total. The summed E-state index contributed by atoms with van der Waals surface area (Å²) in [4.78, 5) is 26.3. The number of nitrogens with zero attached hydrogens (tertiary/aromatic N) is 1. The van der Waals surface area contributed by atoms with Gasteiger partial charge in [0.05, 0.1) is 6.54 Å². The van der Waals surface area contributed by atoms with Gasteiger partial charge in [-0.15, -0.1) is 0 Å². The van der Waals surface area contributed by atoms with Crippen LogP contribution in [0.1, 0.15) is 23.6 Å². The first-order valence-electron chi connectivity index (χ1n) is 7.26. The van der Waals surface area contributed by atoms with Crippen molar-refractivity contribution < 1.29 is 9.59 Å². The number of carbonyl (C=O) groups excluding carboxylic acids is 2. The van der Waals surface area contributed by atoms with Gasteiger partial charge in [-0.2, -0.15) is 0 Å². The Hall–Kier alpha value is -2.62. The van der Waals surface area contributed by atoms with Crippen LogP contribution in [-0.2, 0) is 16.9 Å². The quantitative estimate of drug-likeness (QED) is 0.885. The second-order valence-electron chi connectivity index (χ2n) is 5.80. The van der Waals surface area contributed by atoms with Gasteiger partial charge in [-0.05, 0) is 25.0 Å². The van der Waals surface area contributed by atoms with E-state index in [-0.39, 0.29) is 18.5 Å². The molecule has 1 N–H and O–H groups in total. The van der Waals surface area contributed by atoms with Crippen LogP contribution in [0.2, 0.25) is 0 Å². The number of benzene rings is 2. The van der Waals surface area contributed by atoms with Gasteiger partial charge < -0.3 is 5.32 Å². The first-order valence-corrected chi connectivity index (χ1v) is 7.26. The molecule has 3 amide bonds. The third-order valence-electron chi connectivity index (χ3n) is 4.09. The van der Waals surface area contributed by atoms with Crippen molar-refractivity contribution in [3.8, 4) is 0 Å². The summed E-state index contributed by atoms with van der Waals surface area (Å²) in [6.07, 6.45) is 0. The predicted octanol–water partition coefficient (Wildman–Crippen LogP) is 2.96. The summed E-state index contributed by atoms with van der Waals surface area (Å²) in [5.41, 5.74) is 1.88. The fourth-order valence-corrected chi connectivity index (χ4v) is 2.68. The van der Waals surface area contributed by atoms with Gasteiger partial charge in [0, 0.05) is 0 Å². The van der Waals surface area contributed by atoms with Crippen molar-refractivity contribution in [3.63, 3.8) is 0 Å². The van der Waals surface area contributed by atoms with Crippen LogP contribution < -0.4 is 5.32 Å². The molecule has 0 unspecified atom stereocenters. The van der Waals surface area contributed by atoms with Crippen molar-refractivity contribution >= 4 is 11.9 Å². The van der Waals surface area contributed by atoms with Crippen LogP contribution in [-0.4, -0.2) is 16.8 Å². The van der Waals surface area contributed by atoms with E-state index in [9.17, 15) is 9.59 Å². The van der Waals surface area contributed by atoms with E-state index < -0.39 is 5.54 Å². The lowest BCUT2D eigenvalue weighted by atomic mass is 9.92. The Kier molecular flexibility index (Phi) is 3.45. The van der Waals surface area contributed by atoms with Crippen molar-refractivity contribution in [2.24, 2.45) is 0 Å². The molecule has 2 aromatic rings. The normalized spacial score (nSPS) is 21.1. The average molecular weight is 294 g/mol. The molecular formula is C18H18N2O2. The zero-order valence-electron chi connectivity index (χ0n) is 12.7. The van der Waals surface area contributed by atoms with E-state index in [1.807, 2.05) is 61.5 Å². The minimum Gasteiger partial charge on any atom is -0.319 e. The number of aryl methyl sites for hydroxylation is 1. The van der Waals surface area contributed by atoms with Crippen LogP contribution in [0, 0.1) is 6.92 Å². The van der Waals surface area contributed by atoms with Crippen molar-refractivity contribution in [2.75, 3.05) is 0 Å². The van der Waals surface area contributed by atoms with E-state index >= 15 is 0 Å². The molecule has 0 aromatic heterocycles. The second kappa shape index (κ2) is 5.30. The number of imide groups is 1. The zero-order chi connectivity index (χ0) is 15.7. The Morgan fingerprint density at radius 1 is 1.00 bits per heavy atom. The lowest BCUT2D eigenvalue weighted by Crippen LogP contribution is -2.40. The maximum Gasteiger partial charge on any atom is 0.325 e. The van der Waals surface area contributed by atoms with Crippen LogP contribution in [0.15, 0.2) is 54.6 Å². The van der Waals surface area contributed by atoms with Gasteiger partial charge in [0.2, 0.25) is 0 Å². The first-order chi connectivity index (χ1) is 10.5. The van der Waals surface area contributed by atoms with Crippen LogP contribution in [0.3, 0.4) is 0 Å². The highest BCUT2D eigenvalue weighted by Crippen LogP contribution is 2.29. The molecule has 1 atom stereocenters. The highest BCUT2D eigenvalue weighted by Gasteiger charge is 2.48. The van der Waals surface area contributed by atoms with Gasteiger partial charge in [-0.25, -0.2) is 4.79 Å². The highest BCUT2D eigenvalue weighted by atomic mass is 16.2. The predicted molar refractivity (Wildman–Crippen MR) is 84.1 cm³/mol. The van der Waals surface area contributed by atoms with Crippen molar-refractivity contribution in [3.05, 3.63) is 71.3 Å². The Balaban J connectivity index is 1.87. The number of nitrogens with one attached hydrogen (secondary N) is 1. The minimum atomic E-state index is -0.997. The molecule has 0 aliphatic carbocycles. The molecule has 0 saturated carbocycles. The first kappa shape index (κ1) is 14.3. The molecule has 22 heavy (non-hydrogen) atoms. The van der Waals surface area contributed by atoms with Crippen LogP contribution >= 0.6 is 0 Å². The SMILES string of the molecule is Cc1ccc(CN2C(=O)N[C@@](C)(c3ccccc3)C2=O)cc1. The van der Waals surface area contributed by atoms with Gasteiger partial charge in [-0.1, -0.05) is 60.2 Å². The minimum absolute atomic E-state index is 0.218. The topological polar surface area (TPSA) is 49.4 Å². The summed E-state index contributed by atoms with van der Waals surface area (Å²) in [7, 11) is 0. The molecule has 0 spiro atoms. The molecule has 3 rings (SSSR count). The van der Waals surface area contributed by atoms with Gasteiger partial charge >= 0.3 is 6.03 Å². The van der Waals surface area contributed by atoms with Gasteiger partial charge in [0.1, 0.15) is 5.54 Å². The van der Waals surface area contributed by atoms with E-state index in [1.54, 1.807) is 6.92 Å². The number of carbonyl (C=O) groups is 2. The molecule has 1 heterocycles. The molecule has 112 valence electrons. The number of urea groups is 1. The lowest BCUT2D eigenvalue weighted by Gasteiger charge is -2.22. The Labute approximate surface area is 129 Å². The van der Waals surface area contributed by atoms with Crippen molar-refractivity contribution in [1.82, 2.24) is 10.2 Å². The standard InChI is InChI=1S/C18H18N2O2/c1-13-8-10-14(11-9-13)12-20-16(21)18(2,19-17(20)22)15-6-4-3-5-7-15/h3-11H,12H2,1-2H3,(H,19,22)/t18-/m0/s1. The van der Waals surface area contributed by atoms with Crippen LogP contribution in [0.5, 0.6) is 0 Å². The summed E-state index contributed by atoms with van der Waals surface area (Å²) >= 11 is 0. The molecule has 1 aliphatic rings. The molecule has 0 radical (unpaired) electrons. The summed E-state index contributed by atoms with van der Waals surface area (Å²) in [5.74, 6) is -0.218. The third kappa shape index (κ3) is 2.37. The summed E-state index contributed by atoms with van der Waals surface area (Å²) in [6.45, 7) is 4.04. The van der Waals surface area contributed by atoms with E-state index in [0.29, 0.717) is 0 Å². The highest BCUT2D eigenvalue weighted by molar-refractivity contribution is 6.07. The fourth-order valence-electron chi connectivity index (χ4n) is 2.68. The fraction of sp³-hybridized carbons (Fsp3) is 0.222. The Morgan fingerprint density at radius 3 is 2.27 bits per heavy atom. The summed E-state index contributed by atoms with van der Waals surface area (Å²) in [6, 6.07) is 16.8. The van der Waals surface area contributed by atoms with Gasteiger partial charge in [0.15, 0.2) is 0 Å². The number of hydrogen-bond acceptors (Lipinski definition) is 2.